The molecule has 8 heteroatoms. The van der Waals surface area contributed by atoms with Crippen molar-refractivity contribution in [2.75, 3.05) is 18.4 Å². The molecule has 1 saturated heterocycles. The molecule has 0 aromatic carbocycles. The molecule has 3 heterocycles. The highest BCUT2D eigenvalue weighted by Crippen LogP contribution is 2.33. The first-order chi connectivity index (χ1) is 13.5. The predicted octanol–water partition coefficient (Wildman–Crippen LogP) is 3.83. The number of nitrogens with one attached hydrogen (secondary N) is 1. The first kappa shape index (κ1) is 20.5. The number of pyridine rings is 1. The molecule has 148 valence electrons. The molecule has 0 unspecified atom stereocenters. The van der Waals surface area contributed by atoms with E-state index in [1.165, 1.54) is 16.2 Å². The summed E-state index contributed by atoms with van der Waals surface area (Å²) < 4.78 is 2.06. The van der Waals surface area contributed by atoms with Gasteiger partial charge < -0.3 is 5.32 Å². The van der Waals surface area contributed by atoms with E-state index < -0.39 is 0 Å². The van der Waals surface area contributed by atoms with Crippen LogP contribution in [0.25, 0.3) is 11.7 Å². The maximum Gasteiger partial charge on any atom is 0.267 e. The number of amides is 1. The standard InChI is InChI=1S/C20H24N4O2S2/c1-4-6-7-10-24-19(26)15(28-20(24)27)12-14-16(21-5-2)22-17-13(3)9-8-11-23(17)18(14)25/h8-9,11-12,21H,4-7,10H2,1-3H3/b15-12+. The van der Waals surface area contributed by atoms with Gasteiger partial charge in [-0.2, -0.15) is 0 Å². The first-order valence-electron chi connectivity index (χ1n) is 9.49. The normalized spacial score (nSPS) is 15.8. The summed E-state index contributed by atoms with van der Waals surface area (Å²) in [5.74, 6) is 0.348. The van der Waals surface area contributed by atoms with Gasteiger partial charge in [-0.15, -0.1) is 0 Å². The maximum absolute atomic E-state index is 13.1. The van der Waals surface area contributed by atoms with Crippen LogP contribution in [0.2, 0.25) is 0 Å². The number of hydrogen-bond acceptors (Lipinski definition) is 6. The Bertz CT molecular complexity index is 1010. The molecule has 0 saturated carbocycles. The van der Waals surface area contributed by atoms with Crippen LogP contribution in [0, 0.1) is 6.92 Å². The second kappa shape index (κ2) is 8.87. The molecule has 6 nitrogen and oxygen atoms in total. The van der Waals surface area contributed by atoms with E-state index >= 15 is 0 Å². The van der Waals surface area contributed by atoms with E-state index in [0.29, 0.717) is 39.3 Å². The van der Waals surface area contributed by atoms with Gasteiger partial charge in [-0.05, 0) is 38.0 Å². The molecule has 2 aromatic heterocycles. The molecule has 1 aliphatic rings. The van der Waals surface area contributed by atoms with E-state index in [0.717, 1.165) is 24.8 Å². The predicted molar refractivity (Wildman–Crippen MR) is 120 cm³/mol. The number of nitrogens with zero attached hydrogens (tertiary/aromatic N) is 3. The maximum atomic E-state index is 13.1. The third-order valence-corrected chi connectivity index (χ3v) is 5.94. The fraction of sp³-hybridized carbons (Fsp3) is 0.400. The summed E-state index contributed by atoms with van der Waals surface area (Å²) in [7, 11) is 0. The molecule has 3 rings (SSSR count). The Morgan fingerprint density at radius 1 is 1.29 bits per heavy atom. The van der Waals surface area contributed by atoms with Gasteiger partial charge in [-0.25, -0.2) is 4.98 Å². The molecule has 1 aliphatic heterocycles. The summed E-state index contributed by atoms with van der Waals surface area (Å²) in [5, 5.41) is 3.15. The van der Waals surface area contributed by atoms with Crippen LogP contribution in [0.5, 0.6) is 0 Å². The highest BCUT2D eigenvalue weighted by atomic mass is 32.2. The third kappa shape index (κ3) is 3.98. The SMILES string of the molecule is CCCCCN1C(=O)/C(=C\c2c(NCC)nc3c(C)cccn3c2=O)SC1=S. The lowest BCUT2D eigenvalue weighted by Crippen LogP contribution is -2.29. The van der Waals surface area contributed by atoms with Gasteiger partial charge in [0.1, 0.15) is 15.8 Å². The molecule has 1 fully saturated rings. The smallest absolute Gasteiger partial charge is 0.267 e. The van der Waals surface area contributed by atoms with Gasteiger partial charge in [0.25, 0.3) is 11.5 Å². The molecule has 0 atom stereocenters. The van der Waals surface area contributed by atoms with Crippen molar-refractivity contribution < 1.29 is 4.79 Å². The number of fused-ring (bicyclic) bond motifs is 1. The topological polar surface area (TPSA) is 66.7 Å². The number of carbonyl (C=O) groups is 1. The van der Waals surface area contributed by atoms with E-state index in [4.69, 9.17) is 12.2 Å². The zero-order valence-corrected chi connectivity index (χ0v) is 18.0. The Kier molecular flexibility index (Phi) is 6.51. The number of aromatic nitrogens is 2. The number of thioether (sulfide) groups is 1. The number of anilines is 1. The Balaban J connectivity index is 2.05. The second-order valence-electron chi connectivity index (χ2n) is 6.63. The summed E-state index contributed by atoms with van der Waals surface area (Å²) in [6, 6.07) is 3.73. The molecule has 2 aromatic rings. The van der Waals surface area contributed by atoms with Crippen molar-refractivity contribution >= 4 is 51.7 Å². The molecular weight excluding hydrogens is 392 g/mol. The van der Waals surface area contributed by atoms with Crippen molar-refractivity contribution in [3.05, 3.63) is 44.7 Å². The van der Waals surface area contributed by atoms with Crippen LogP contribution in [0.3, 0.4) is 0 Å². The summed E-state index contributed by atoms with van der Waals surface area (Å²) in [5.41, 5.74) is 1.68. The van der Waals surface area contributed by atoms with Gasteiger partial charge in [0.05, 0.1) is 10.5 Å². The Morgan fingerprint density at radius 3 is 2.79 bits per heavy atom. The summed E-state index contributed by atoms with van der Waals surface area (Å²) in [4.78, 5) is 32.7. The van der Waals surface area contributed by atoms with Gasteiger partial charge in [0, 0.05) is 19.3 Å². The Morgan fingerprint density at radius 2 is 2.07 bits per heavy atom. The van der Waals surface area contributed by atoms with Gasteiger partial charge >= 0.3 is 0 Å². The molecule has 0 bridgehead atoms. The average molecular weight is 417 g/mol. The number of unbranched alkanes of at least 4 members (excludes halogenated alkanes) is 2. The van der Waals surface area contributed by atoms with E-state index in [-0.39, 0.29) is 11.5 Å². The number of rotatable bonds is 7. The third-order valence-electron chi connectivity index (χ3n) is 4.56. The summed E-state index contributed by atoms with van der Waals surface area (Å²) >= 11 is 6.63. The van der Waals surface area contributed by atoms with Crippen LogP contribution < -0.4 is 10.9 Å². The summed E-state index contributed by atoms with van der Waals surface area (Å²) in [6.45, 7) is 7.21. The van der Waals surface area contributed by atoms with Crippen LogP contribution in [0.15, 0.2) is 28.0 Å². The van der Waals surface area contributed by atoms with Crippen molar-refractivity contribution in [1.82, 2.24) is 14.3 Å². The van der Waals surface area contributed by atoms with E-state index in [2.05, 4.69) is 17.2 Å². The minimum Gasteiger partial charge on any atom is -0.370 e. The molecule has 0 radical (unpaired) electrons. The highest BCUT2D eigenvalue weighted by Gasteiger charge is 2.32. The Hall–Kier alpha value is -2.19. The zero-order chi connectivity index (χ0) is 20.3. The van der Waals surface area contributed by atoms with Crippen LogP contribution in [0.4, 0.5) is 5.82 Å². The number of carbonyl (C=O) groups excluding carboxylic acids is 1. The van der Waals surface area contributed by atoms with Crippen molar-refractivity contribution in [1.29, 1.82) is 0 Å². The van der Waals surface area contributed by atoms with Gasteiger partial charge in [-0.3, -0.25) is 18.9 Å². The molecule has 1 amide bonds. The lowest BCUT2D eigenvalue weighted by Gasteiger charge is -2.13. The molecular formula is C20H24N4O2S2. The number of aryl methyl sites for hydroxylation is 1. The van der Waals surface area contributed by atoms with Gasteiger partial charge in [0.2, 0.25) is 0 Å². The zero-order valence-electron chi connectivity index (χ0n) is 16.3. The minimum atomic E-state index is -0.207. The van der Waals surface area contributed by atoms with Crippen molar-refractivity contribution in [3.63, 3.8) is 0 Å². The number of hydrogen-bond donors (Lipinski definition) is 1. The quantitative estimate of drug-likeness (QED) is 0.420. The van der Waals surface area contributed by atoms with Gasteiger partial charge in [0.15, 0.2) is 0 Å². The highest BCUT2D eigenvalue weighted by molar-refractivity contribution is 8.26. The minimum absolute atomic E-state index is 0.137. The van der Waals surface area contributed by atoms with Crippen LogP contribution in [-0.2, 0) is 4.79 Å². The van der Waals surface area contributed by atoms with Crippen LogP contribution in [0.1, 0.15) is 44.2 Å². The lowest BCUT2D eigenvalue weighted by atomic mass is 10.2. The van der Waals surface area contributed by atoms with E-state index in [1.54, 1.807) is 17.2 Å². The monoisotopic (exact) mass is 416 g/mol. The fourth-order valence-corrected chi connectivity index (χ4v) is 4.38. The lowest BCUT2D eigenvalue weighted by molar-refractivity contribution is -0.122. The summed E-state index contributed by atoms with van der Waals surface area (Å²) in [6.07, 6.45) is 6.37. The van der Waals surface area contributed by atoms with Crippen LogP contribution >= 0.6 is 24.0 Å². The van der Waals surface area contributed by atoms with E-state index in [1.807, 2.05) is 26.0 Å². The van der Waals surface area contributed by atoms with Crippen LogP contribution in [-0.4, -0.2) is 37.6 Å². The second-order valence-corrected chi connectivity index (χ2v) is 8.31. The van der Waals surface area contributed by atoms with E-state index in [9.17, 15) is 9.59 Å². The molecule has 0 aliphatic carbocycles. The van der Waals surface area contributed by atoms with Crippen molar-refractivity contribution in [3.8, 4) is 0 Å². The largest absolute Gasteiger partial charge is 0.370 e. The molecule has 28 heavy (non-hydrogen) atoms. The molecule has 1 N–H and O–H groups in total. The van der Waals surface area contributed by atoms with Gasteiger partial charge in [-0.1, -0.05) is 49.8 Å². The van der Waals surface area contributed by atoms with Crippen molar-refractivity contribution in [2.45, 2.75) is 40.0 Å². The average Bonchev–Trinajstić information content (AvgIpc) is 2.93. The number of thiocarbonyl (C=S) groups is 1. The Labute approximate surface area is 174 Å². The first-order valence-corrected chi connectivity index (χ1v) is 10.7. The molecule has 0 spiro atoms. The fourth-order valence-electron chi connectivity index (χ4n) is 3.09. The van der Waals surface area contributed by atoms with Crippen molar-refractivity contribution in [2.24, 2.45) is 0 Å².